The molecule has 1 aromatic heterocycles. The Morgan fingerprint density at radius 3 is 2.95 bits per heavy atom. The van der Waals surface area contributed by atoms with Gasteiger partial charge in [0.05, 0.1) is 6.10 Å². The molecule has 1 saturated heterocycles. The summed E-state index contributed by atoms with van der Waals surface area (Å²) >= 11 is 0. The highest BCUT2D eigenvalue weighted by Gasteiger charge is 2.13. The fourth-order valence-corrected chi connectivity index (χ4v) is 2.18. The molecule has 3 N–H and O–H groups in total. The third-order valence-electron chi connectivity index (χ3n) is 3.31. The summed E-state index contributed by atoms with van der Waals surface area (Å²) < 4.78 is 5.73. The summed E-state index contributed by atoms with van der Waals surface area (Å²) in [5, 5.41) is 6.01. The van der Waals surface area contributed by atoms with Gasteiger partial charge in [0.1, 0.15) is 5.56 Å². The van der Waals surface area contributed by atoms with Crippen LogP contribution in [0.25, 0.3) is 0 Å². The molecular weight excluding hydrogens is 258 g/mol. The summed E-state index contributed by atoms with van der Waals surface area (Å²) in [6, 6.07) is 3.15. The number of carbonyl (C=O) groups excluding carboxylic acids is 1. The molecule has 0 aliphatic carbocycles. The second-order valence-electron chi connectivity index (χ2n) is 4.84. The Hall–Kier alpha value is -1.66. The van der Waals surface area contributed by atoms with Crippen LogP contribution in [0, 0.1) is 0 Å². The van der Waals surface area contributed by atoms with Crippen LogP contribution in [0.5, 0.6) is 0 Å². The number of aromatic nitrogens is 1. The number of hydrogen-bond donors (Lipinski definition) is 3. The van der Waals surface area contributed by atoms with Gasteiger partial charge in [0.25, 0.3) is 11.5 Å². The molecule has 0 aromatic carbocycles. The number of hydrogen-bond acceptors (Lipinski definition) is 4. The maximum atomic E-state index is 11.8. The van der Waals surface area contributed by atoms with Crippen LogP contribution in [0.15, 0.2) is 23.1 Å². The standard InChI is InChI=1S/C14H21N3O3/c18-13-12(3-1-6-16-13)14(19)17-7-2-10-20-11-4-8-15-9-5-11/h1,3,6,11,15H,2,4-5,7-10H2,(H,16,18)(H,17,19). The molecule has 110 valence electrons. The summed E-state index contributed by atoms with van der Waals surface area (Å²) in [5.41, 5.74) is -0.220. The van der Waals surface area contributed by atoms with E-state index in [4.69, 9.17) is 4.74 Å². The second kappa shape index (κ2) is 7.81. The van der Waals surface area contributed by atoms with Gasteiger partial charge < -0.3 is 20.4 Å². The van der Waals surface area contributed by atoms with Crippen LogP contribution in [0.4, 0.5) is 0 Å². The molecule has 0 saturated carbocycles. The maximum Gasteiger partial charge on any atom is 0.260 e. The van der Waals surface area contributed by atoms with Crippen molar-refractivity contribution < 1.29 is 9.53 Å². The van der Waals surface area contributed by atoms with Crippen molar-refractivity contribution in [3.8, 4) is 0 Å². The lowest BCUT2D eigenvalue weighted by atomic mass is 10.1. The molecule has 6 nitrogen and oxygen atoms in total. The third kappa shape index (κ3) is 4.47. The highest BCUT2D eigenvalue weighted by Crippen LogP contribution is 2.07. The maximum absolute atomic E-state index is 11.8. The highest BCUT2D eigenvalue weighted by molar-refractivity contribution is 5.93. The zero-order valence-electron chi connectivity index (χ0n) is 11.5. The summed E-state index contributed by atoms with van der Waals surface area (Å²) in [7, 11) is 0. The van der Waals surface area contributed by atoms with Gasteiger partial charge in [-0.3, -0.25) is 9.59 Å². The van der Waals surface area contributed by atoms with Crippen molar-refractivity contribution in [2.24, 2.45) is 0 Å². The molecule has 1 aliphatic rings. The lowest BCUT2D eigenvalue weighted by molar-refractivity contribution is 0.0318. The Balaban J connectivity index is 1.62. The number of piperidine rings is 1. The van der Waals surface area contributed by atoms with Crippen molar-refractivity contribution in [1.82, 2.24) is 15.6 Å². The molecule has 0 bridgehead atoms. The first-order chi connectivity index (χ1) is 9.77. The number of nitrogens with one attached hydrogen (secondary N) is 3. The van der Waals surface area contributed by atoms with E-state index >= 15 is 0 Å². The first-order valence-electron chi connectivity index (χ1n) is 7.05. The van der Waals surface area contributed by atoms with E-state index in [0.29, 0.717) is 19.3 Å². The first kappa shape index (κ1) is 14.7. The van der Waals surface area contributed by atoms with Crippen LogP contribution in [-0.4, -0.2) is 43.2 Å². The van der Waals surface area contributed by atoms with E-state index in [9.17, 15) is 9.59 Å². The average Bonchev–Trinajstić information content (AvgIpc) is 2.48. The van der Waals surface area contributed by atoms with Crippen molar-refractivity contribution >= 4 is 5.91 Å². The van der Waals surface area contributed by atoms with E-state index in [1.807, 2.05) is 0 Å². The number of aromatic amines is 1. The number of carbonyl (C=O) groups is 1. The number of H-pyrrole nitrogens is 1. The Labute approximate surface area is 117 Å². The van der Waals surface area contributed by atoms with E-state index in [0.717, 1.165) is 32.4 Å². The Kier molecular flexibility index (Phi) is 5.76. The summed E-state index contributed by atoms with van der Waals surface area (Å²) in [6.45, 7) is 3.17. The molecule has 1 amide bonds. The van der Waals surface area contributed by atoms with Crippen molar-refractivity contribution in [3.05, 3.63) is 34.2 Å². The topological polar surface area (TPSA) is 83.2 Å². The quantitative estimate of drug-likeness (QED) is 0.652. The van der Waals surface area contributed by atoms with Crippen molar-refractivity contribution in [1.29, 1.82) is 0 Å². The van der Waals surface area contributed by atoms with Crippen molar-refractivity contribution in [2.75, 3.05) is 26.2 Å². The summed E-state index contributed by atoms with van der Waals surface area (Å²) in [4.78, 5) is 25.6. The molecule has 20 heavy (non-hydrogen) atoms. The average molecular weight is 279 g/mol. The summed E-state index contributed by atoms with van der Waals surface area (Å²) in [6.07, 6.45) is 4.69. The van der Waals surface area contributed by atoms with Gasteiger partial charge in [-0.1, -0.05) is 0 Å². The van der Waals surface area contributed by atoms with Crippen LogP contribution in [0.2, 0.25) is 0 Å². The van der Waals surface area contributed by atoms with Gasteiger partial charge in [-0.15, -0.1) is 0 Å². The normalized spacial score (nSPS) is 16.0. The van der Waals surface area contributed by atoms with Gasteiger partial charge in [0, 0.05) is 19.3 Å². The zero-order valence-corrected chi connectivity index (χ0v) is 11.5. The van der Waals surface area contributed by atoms with E-state index in [1.165, 1.54) is 12.3 Å². The van der Waals surface area contributed by atoms with Crippen LogP contribution >= 0.6 is 0 Å². The summed E-state index contributed by atoms with van der Waals surface area (Å²) in [5.74, 6) is -0.339. The number of rotatable bonds is 6. The number of pyridine rings is 1. The fourth-order valence-electron chi connectivity index (χ4n) is 2.18. The predicted molar refractivity (Wildman–Crippen MR) is 75.9 cm³/mol. The minimum absolute atomic E-state index is 0.145. The Morgan fingerprint density at radius 2 is 2.20 bits per heavy atom. The lowest BCUT2D eigenvalue weighted by Gasteiger charge is -2.22. The zero-order chi connectivity index (χ0) is 14.2. The largest absolute Gasteiger partial charge is 0.378 e. The van der Waals surface area contributed by atoms with Gasteiger partial charge in [0.2, 0.25) is 0 Å². The molecule has 1 aliphatic heterocycles. The molecule has 1 aromatic rings. The minimum Gasteiger partial charge on any atom is -0.378 e. The first-order valence-corrected chi connectivity index (χ1v) is 7.05. The lowest BCUT2D eigenvalue weighted by Crippen LogP contribution is -2.33. The Bertz CT molecular complexity index is 481. The molecule has 0 atom stereocenters. The second-order valence-corrected chi connectivity index (χ2v) is 4.84. The molecular formula is C14H21N3O3. The van der Waals surface area contributed by atoms with E-state index in [-0.39, 0.29) is 17.0 Å². The van der Waals surface area contributed by atoms with Crippen LogP contribution < -0.4 is 16.2 Å². The minimum atomic E-state index is -0.365. The van der Waals surface area contributed by atoms with E-state index in [1.54, 1.807) is 6.07 Å². The van der Waals surface area contributed by atoms with E-state index < -0.39 is 0 Å². The van der Waals surface area contributed by atoms with Gasteiger partial charge in [-0.2, -0.15) is 0 Å². The van der Waals surface area contributed by atoms with Crippen molar-refractivity contribution in [2.45, 2.75) is 25.4 Å². The SMILES string of the molecule is O=C(NCCCOC1CCNCC1)c1ccc[nH]c1=O. The fraction of sp³-hybridized carbons (Fsp3) is 0.571. The molecule has 0 spiro atoms. The van der Waals surface area contributed by atoms with Gasteiger partial charge in [-0.25, -0.2) is 0 Å². The monoisotopic (exact) mass is 279 g/mol. The van der Waals surface area contributed by atoms with Crippen molar-refractivity contribution in [3.63, 3.8) is 0 Å². The number of ether oxygens (including phenoxy) is 1. The van der Waals surface area contributed by atoms with Crippen LogP contribution in [0.1, 0.15) is 29.6 Å². The van der Waals surface area contributed by atoms with Gasteiger partial charge >= 0.3 is 0 Å². The van der Waals surface area contributed by atoms with E-state index in [2.05, 4.69) is 15.6 Å². The van der Waals surface area contributed by atoms with Gasteiger partial charge in [0.15, 0.2) is 0 Å². The molecule has 0 unspecified atom stereocenters. The molecule has 0 radical (unpaired) electrons. The number of amides is 1. The predicted octanol–water partition coefficient (Wildman–Crippen LogP) is 0.263. The highest BCUT2D eigenvalue weighted by atomic mass is 16.5. The Morgan fingerprint density at radius 1 is 1.40 bits per heavy atom. The van der Waals surface area contributed by atoms with Crippen LogP contribution in [0.3, 0.4) is 0 Å². The third-order valence-corrected chi connectivity index (χ3v) is 3.31. The molecule has 2 heterocycles. The van der Waals surface area contributed by atoms with Gasteiger partial charge in [-0.05, 0) is 44.5 Å². The molecule has 1 fully saturated rings. The molecule has 6 heteroatoms. The molecule has 2 rings (SSSR count). The van der Waals surface area contributed by atoms with Crippen LogP contribution in [-0.2, 0) is 4.74 Å². The smallest absolute Gasteiger partial charge is 0.260 e.